The average Bonchev–Trinajstić information content (AvgIpc) is 3.55. The van der Waals surface area contributed by atoms with Crippen LogP contribution in [0.25, 0.3) is 22.0 Å². The van der Waals surface area contributed by atoms with Gasteiger partial charge in [0.2, 0.25) is 0 Å². The molecule has 0 unspecified atom stereocenters. The number of anilines is 1. The van der Waals surface area contributed by atoms with Crippen LogP contribution in [0.4, 0.5) is 5.69 Å². The molecule has 11 heteroatoms. The molecule has 41 heavy (non-hydrogen) atoms. The number of amides is 1. The molecule has 1 amide bonds. The summed E-state index contributed by atoms with van der Waals surface area (Å²) >= 11 is 6.38. The van der Waals surface area contributed by atoms with Crippen molar-refractivity contribution in [1.29, 1.82) is 0 Å². The van der Waals surface area contributed by atoms with Crippen molar-refractivity contribution < 1.29 is 17.9 Å². The number of carbonyl (C=O) groups excluding carboxylic acids is 1. The van der Waals surface area contributed by atoms with Gasteiger partial charge in [0.25, 0.3) is 21.5 Å². The van der Waals surface area contributed by atoms with Gasteiger partial charge in [-0.1, -0.05) is 23.7 Å². The second-order valence-electron chi connectivity index (χ2n) is 9.66. The molecule has 0 saturated heterocycles. The molecule has 208 valence electrons. The largest absolute Gasteiger partial charge is 0.497 e. The Hall–Kier alpha value is -4.54. The van der Waals surface area contributed by atoms with Crippen LogP contribution in [0, 0.1) is 0 Å². The summed E-state index contributed by atoms with van der Waals surface area (Å²) in [5.41, 5.74) is 3.82. The first-order chi connectivity index (χ1) is 19.7. The molecule has 0 bridgehead atoms. The summed E-state index contributed by atoms with van der Waals surface area (Å²) in [7, 11) is -2.80. The van der Waals surface area contributed by atoms with Crippen molar-refractivity contribution >= 4 is 44.1 Å². The minimum Gasteiger partial charge on any atom is -0.497 e. The summed E-state index contributed by atoms with van der Waals surface area (Å²) < 4.78 is 35.7. The Kier molecular flexibility index (Phi) is 6.80. The van der Waals surface area contributed by atoms with E-state index in [0.29, 0.717) is 21.7 Å². The van der Waals surface area contributed by atoms with E-state index in [1.54, 1.807) is 34.9 Å². The molecule has 0 fully saturated rings. The van der Waals surface area contributed by atoms with Crippen LogP contribution in [0.15, 0.2) is 88.7 Å². The first kappa shape index (κ1) is 26.7. The zero-order chi connectivity index (χ0) is 28.7. The molecule has 0 atom stereocenters. The number of hydrogen-bond acceptors (Lipinski definition) is 6. The maximum absolute atomic E-state index is 14.0. The van der Waals surface area contributed by atoms with Gasteiger partial charge in [0.15, 0.2) is 0 Å². The first-order valence-corrected chi connectivity index (χ1v) is 14.7. The molecule has 1 aliphatic heterocycles. The number of H-pyrrole nitrogens is 1. The van der Waals surface area contributed by atoms with Gasteiger partial charge in [-0.2, -0.15) is 0 Å². The maximum atomic E-state index is 14.0. The summed E-state index contributed by atoms with van der Waals surface area (Å²) in [6.45, 7) is 1.09. The number of nitrogens with one attached hydrogen (secondary N) is 3. The third kappa shape index (κ3) is 4.96. The number of carbonyl (C=O) groups is 1. The molecule has 2 aromatic heterocycles. The Morgan fingerprint density at radius 1 is 1.07 bits per heavy atom. The highest BCUT2D eigenvalue weighted by atomic mass is 35.5. The fourth-order valence-corrected chi connectivity index (χ4v) is 6.35. The summed E-state index contributed by atoms with van der Waals surface area (Å²) in [6, 6.07) is 20.1. The predicted octanol–water partition coefficient (Wildman–Crippen LogP) is 4.79. The number of pyridine rings is 1. The van der Waals surface area contributed by atoms with Crippen molar-refractivity contribution in [2.24, 2.45) is 0 Å². The monoisotopic (exact) mass is 588 g/mol. The number of sulfonamides is 1. The van der Waals surface area contributed by atoms with Crippen molar-refractivity contribution in [2.75, 3.05) is 19.0 Å². The van der Waals surface area contributed by atoms with E-state index >= 15 is 0 Å². The number of rotatable bonds is 7. The first-order valence-electron chi connectivity index (χ1n) is 12.8. The van der Waals surface area contributed by atoms with E-state index in [1.807, 2.05) is 18.2 Å². The fraction of sp³-hybridized carbons (Fsp3) is 0.133. The summed E-state index contributed by atoms with van der Waals surface area (Å²) in [5.74, 6) is -0.410. The van der Waals surface area contributed by atoms with E-state index in [2.05, 4.69) is 15.0 Å². The van der Waals surface area contributed by atoms with Gasteiger partial charge in [0, 0.05) is 52.0 Å². The van der Waals surface area contributed by atoms with E-state index in [-0.39, 0.29) is 28.3 Å². The highest BCUT2D eigenvalue weighted by molar-refractivity contribution is 7.90. The normalized spacial score (nSPS) is 12.6. The lowest BCUT2D eigenvalue weighted by atomic mass is 10.0. The Labute approximate surface area is 240 Å². The van der Waals surface area contributed by atoms with Crippen LogP contribution in [-0.4, -0.2) is 37.5 Å². The number of ether oxygens (including phenoxy) is 1. The molecule has 9 nitrogen and oxygen atoms in total. The number of aromatic nitrogens is 2. The molecular weight excluding hydrogens is 564 g/mol. The fourth-order valence-electron chi connectivity index (χ4n) is 5.22. The lowest BCUT2D eigenvalue weighted by Crippen LogP contribution is -2.33. The molecule has 5 aromatic rings. The highest BCUT2D eigenvalue weighted by Gasteiger charge is 2.29. The Morgan fingerprint density at radius 2 is 1.88 bits per heavy atom. The third-order valence-electron chi connectivity index (χ3n) is 7.15. The summed E-state index contributed by atoms with van der Waals surface area (Å²) in [6.07, 6.45) is 2.42. The van der Waals surface area contributed by atoms with Gasteiger partial charge in [0.05, 0.1) is 12.0 Å². The third-order valence-corrected chi connectivity index (χ3v) is 8.73. The number of benzene rings is 3. The lowest BCUT2D eigenvalue weighted by molar-refractivity contribution is 0.0974. The molecule has 3 aromatic carbocycles. The Bertz CT molecular complexity index is 1980. The molecule has 0 spiro atoms. The van der Waals surface area contributed by atoms with Gasteiger partial charge in [-0.25, -0.2) is 13.1 Å². The average molecular weight is 589 g/mol. The molecule has 3 heterocycles. The molecular formula is C30H25ClN4O5S. The number of hydrogen-bond donors (Lipinski definition) is 3. The number of halogens is 1. The van der Waals surface area contributed by atoms with Gasteiger partial charge < -0.3 is 19.6 Å². The zero-order valence-electron chi connectivity index (χ0n) is 21.9. The van der Waals surface area contributed by atoms with E-state index in [1.165, 1.54) is 43.1 Å². The van der Waals surface area contributed by atoms with Crippen molar-refractivity contribution in [3.63, 3.8) is 0 Å². The number of nitrogens with zero attached hydrogens (tertiary/aromatic N) is 1. The minimum atomic E-state index is -4.28. The summed E-state index contributed by atoms with van der Waals surface area (Å²) in [5, 5.41) is 4.31. The second kappa shape index (κ2) is 10.5. The van der Waals surface area contributed by atoms with Gasteiger partial charge in [-0.05, 0) is 78.2 Å². The van der Waals surface area contributed by atoms with E-state index < -0.39 is 21.5 Å². The Balaban J connectivity index is 1.54. The maximum Gasteiger partial charge on any atom is 0.282 e. The van der Waals surface area contributed by atoms with Gasteiger partial charge in [-0.15, -0.1) is 0 Å². The van der Waals surface area contributed by atoms with Crippen LogP contribution in [-0.2, 0) is 23.0 Å². The smallest absolute Gasteiger partial charge is 0.282 e. The second-order valence-corrected chi connectivity index (χ2v) is 11.8. The van der Waals surface area contributed by atoms with Gasteiger partial charge in [0.1, 0.15) is 11.4 Å². The van der Waals surface area contributed by atoms with Crippen molar-refractivity contribution in [3.05, 3.63) is 111 Å². The molecule has 0 saturated carbocycles. The van der Waals surface area contributed by atoms with Crippen LogP contribution in [0.1, 0.15) is 21.6 Å². The van der Waals surface area contributed by atoms with Crippen molar-refractivity contribution in [2.45, 2.75) is 17.9 Å². The standard InChI is InChI=1S/C30H25ClN4O5S/c1-40-21-7-9-22(10-8-21)41(38,39)34-30(37)28-27(23-3-2-13-33-29(23)36)24-16-20(31)6-11-26(24)35(28)17-18-4-5-19-12-14-32-25(19)15-18/h2-11,13,15-16,32H,12,14,17H2,1H3,(H,33,36)(H,34,37). The number of fused-ring (bicyclic) bond motifs is 2. The SMILES string of the molecule is COc1ccc(S(=O)(=O)NC(=O)c2c(-c3ccc[nH]c3=O)c3cc(Cl)ccc3n2Cc2ccc3c(c2)NCC3)cc1. The van der Waals surface area contributed by atoms with Gasteiger partial charge >= 0.3 is 0 Å². The molecule has 3 N–H and O–H groups in total. The van der Waals surface area contributed by atoms with Crippen LogP contribution < -0.4 is 20.3 Å². The number of aromatic amines is 1. The number of methoxy groups -OCH3 is 1. The van der Waals surface area contributed by atoms with Crippen molar-refractivity contribution in [1.82, 2.24) is 14.3 Å². The minimum absolute atomic E-state index is 0.0181. The van der Waals surface area contributed by atoms with E-state index in [4.69, 9.17) is 16.3 Å². The predicted molar refractivity (Wildman–Crippen MR) is 158 cm³/mol. The van der Waals surface area contributed by atoms with Crippen LogP contribution >= 0.6 is 11.6 Å². The molecule has 1 aliphatic rings. The van der Waals surface area contributed by atoms with Crippen molar-refractivity contribution in [3.8, 4) is 16.9 Å². The van der Waals surface area contributed by atoms with Crippen LogP contribution in [0.3, 0.4) is 0 Å². The summed E-state index contributed by atoms with van der Waals surface area (Å²) in [4.78, 5) is 29.6. The van der Waals surface area contributed by atoms with E-state index in [0.717, 1.165) is 24.2 Å². The molecule has 0 radical (unpaired) electrons. The molecule has 6 rings (SSSR count). The quantitative estimate of drug-likeness (QED) is 0.251. The van der Waals surface area contributed by atoms with E-state index in [9.17, 15) is 18.0 Å². The van der Waals surface area contributed by atoms with Crippen LogP contribution in [0.2, 0.25) is 5.02 Å². The van der Waals surface area contributed by atoms with Crippen LogP contribution in [0.5, 0.6) is 5.75 Å². The van der Waals surface area contributed by atoms with Gasteiger partial charge in [-0.3, -0.25) is 9.59 Å². The molecule has 0 aliphatic carbocycles. The lowest BCUT2D eigenvalue weighted by Gasteiger charge is -2.14. The zero-order valence-corrected chi connectivity index (χ0v) is 23.5. The Morgan fingerprint density at radius 3 is 2.63 bits per heavy atom. The highest BCUT2D eigenvalue weighted by Crippen LogP contribution is 2.36. The topological polar surface area (TPSA) is 122 Å².